The van der Waals surface area contributed by atoms with Gasteiger partial charge < -0.3 is 15.5 Å². The molecule has 0 amide bonds. The number of likely N-dealkylation sites (N-methyl/N-ethyl adjacent to an activating group) is 1. The number of hydrogen-bond donors (Lipinski definition) is 2. The van der Waals surface area contributed by atoms with Crippen LogP contribution >= 0.6 is 23.8 Å². The second-order valence-electron chi connectivity index (χ2n) is 7.49. The molecule has 2 aromatic rings. The Labute approximate surface area is 178 Å². The van der Waals surface area contributed by atoms with Gasteiger partial charge in [-0.25, -0.2) is 0 Å². The van der Waals surface area contributed by atoms with Gasteiger partial charge in [-0.3, -0.25) is 4.90 Å². The molecule has 1 fully saturated rings. The summed E-state index contributed by atoms with van der Waals surface area (Å²) in [6.45, 7) is 8.47. The van der Waals surface area contributed by atoms with Crippen LogP contribution in [0.1, 0.15) is 24.1 Å². The lowest BCUT2D eigenvalue weighted by Gasteiger charge is -2.41. The predicted molar refractivity (Wildman–Crippen MR) is 123 cm³/mol. The van der Waals surface area contributed by atoms with Crippen LogP contribution in [0.5, 0.6) is 0 Å². The molecule has 3 rings (SSSR count). The van der Waals surface area contributed by atoms with E-state index in [9.17, 15) is 0 Å². The van der Waals surface area contributed by atoms with Crippen LogP contribution in [0.3, 0.4) is 0 Å². The SMILES string of the molecule is Cc1c(Cl)cccc1NC(=S)N[C@H](C)[C@H](c1ccccc1)N1CCN(C)CC1. The van der Waals surface area contributed by atoms with Crippen LogP contribution in [0.2, 0.25) is 5.02 Å². The Kier molecular flexibility index (Phi) is 7.30. The summed E-state index contributed by atoms with van der Waals surface area (Å²) in [7, 11) is 2.18. The number of halogens is 1. The summed E-state index contributed by atoms with van der Waals surface area (Å²) >= 11 is 11.8. The summed E-state index contributed by atoms with van der Waals surface area (Å²) in [5.74, 6) is 0. The molecule has 6 heteroatoms. The zero-order valence-corrected chi connectivity index (χ0v) is 18.4. The Morgan fingerprint density at radius 2 is 1.71 bits per heavy atom. The van der Waals surface area contributed by atoms with Crippen molar-refractivity contribution in [2.75, 3.05) is 38.5 Å². The van der Waals surface area contributed by atoms with Crippen molar-refractivity contribution in [2.24, 2.45) is 0 Å². The zero-order chi connectivity index (χ0) is 20.1. The highest BCUT2D eigenvalue weighted by molar-refractivity contribution is 7.80. The smallest absolute Gasteiger partial charge is 0.171 e. The lowest BCUT2D eigenvalue weighted by molar-refractivity contribution is 0.0973. The minimum Gasteiger partial charge on any atom is -0.358 e. The standard InChI is InChI=1S/C22H29ClN4S/c1-16-19(23)10-7-11-20(16)25-22(28)24-17(2)21(18-8-5-4-6-9-18)27-14-12-26(3)13-15-27/h4-11,17,21H,12-15H2,1-3H3,(H2,24,25,28)/t17-,21-/m1/s1. The van der Waals surface area contributed by atoms with Crippen molar-refractivity contribution in [3.63, 3.8) is 0 Å². The maximum Gasteiger partial charge on any atom is 0.171 e. The summed E-state index contributed by atoms with van der Waals surface area (Å²) in [6, 6.07) is 16.9. The molecular weight excluding hydrogens is 388 g/mol. The molecule has 0 aromatic heterocycles. The molecule has 1 saturated heterocycles. The van der Waals surface area contributed by atoms with E-state index in [2.05, 4.69) is 64.7 Å². The normalized spacial score (nSPS) is 17.7. The molecule has 0 aliphatic carbocycles. The van der Waals surface area contributed by atoms with Crippen molar-refractivity contribution >= 4 is 34.6 Å². The molecule has 28 heavy (non-hydrogen) atoms. The molecule has 1 heterocycles. The van der Waals surface area contributed by atoms with E-state index in [1.165, 1.54) is 5.56 Å². The van der Waals surface area contributed by atoms with E-state index in [0.29, 0.717) is 5.11 Å². The molecule has 2 N–H and O–H groups in total. The second kappa shape index (κ2) is 9.70. The van der Waals surface area contributed by atoms with E-state index < -0.39 is 0 Å². The number of hydrogen-bond acceptors (Lipinski definition) is 3. The summed E-state index contributed by atoms with van der Waals surface area (Å²) in [5.41, 5.74) is 3.25. The van der Waals surface area contributed by atoms with Crippen molar-refractivity contribution in [3.8, 4) is 0 Å². The van der Waals surface area contributed by atoms with Crippen LogP contribution in [0.4, 0.5) is 5.69 Å². The van der Waals surface area contributed by atoms with Crippen molar-refractivity contribution in [2.45, 2.75) is 25.9 Å². The van der Waals surface area contributed by atoms with Crippen LogP contribution in [0.15, 0.2) is 48.5 Å². The molecule has 0 spiro atoms. The maximum atomic E-state index is 6.23. The number of piperazine rings is 1. The van der Waals surface area contributed by atoms with Gasteiger partial charge in [0, 0.05) is 42.9 Å². The third kappa shape index (κ3) is 5.23. The van der Waals surface area contributed by atoms with Gasteiger partial charge in [0.2, 0.25) is 0 Å². The highest BCUT2D eigenvalue weighted by Crippen LogP contribution is 2.26. The molecular formula is C22H29ClN4S. The number of nitrogens with zero attached hydrogens (tertiary/aromatic N) is 2. The van der Waals surface area contributed by atoms with Crippen molar-refractivity contribution in [1.82, 2.24) is 15.1 Å². The molecule has 4 nitrogen and oxygen atoms in total. The van der Waals surface area contributed by atoms with Gasteiger partial charge in [-0.15, -0.1) is 0 Å². The third-order valence-electron chi connectivity index (χ3n) is 5.42. The van der Waals surface area contributed by atoms with Crippen LogP contribution < -0.4 is 10.6 Å². The first-order valence-electron chi connectivity index (χ1n) is 9.76. The van der Waals surface area contributed by atoms with Gasteiger partial charge in [-0.05, 0) is 56.4 Å². The number of rotatable bonds is 5. The zero-order valence-electron chi connectivity index (χ0n) is 16.8. The van der Waals surface area contributed by atoms with Crippen LogP contribution in [-0.4, -0.2) is 54.2 Å². The first-order valence-corrected chi connectivity index (χ1v) is 10.5. The van der Waals surface area contributed by atoms with E-state index in [1.54, 1.807) is 0 Å². The highest BCUT2D eigenvalue weighted by atomic mass is 35.5. The minimum atomic E-state index is 0.158. The van der Waals surface area contributed by atoms with Crippen LogP contribution in [0, 0.1) is 6.92 Å². The lowest BCUT2D eigenvalue weighted by atomic mass is 9.98. The quantitative estimate of drug-likeness (QED) is 0.709. The monoisotopic (exact) mass is 416 g/mol. The second-order valence-corrected chi connectivity index (χ2v) is 8.31. The molecule has 1 aliphatic heterocycles. The van der Waals surface area contributed by atoms with Crippen molar-refractivity contribution in [1.29, 1.82) is 0 Å². The minimum absolute atomic E-state index is 0.158. The van der Waals surface area contributed by atoms with Crippen LogP contribution in [-0.2, 0) is 0 Å². The van der Waals surface area contributed by atoms with E-state index >= 15 is 0 Å². The average Bonchev–Trinajstić information content (AvgIpc) is 2.68. The summed E-state index contributed by atoms with van der Waals surface area (Å²) in [5, 5.41) is 8.17. The lowest BCUT2D eigenvalue weighted by Crippen LogP contribution is -2.52. The number of thiocarbonyl (C=S) groups is 1. The van der Waals surface area contributed by atoms with Gasteiger partial charge in [-0.2, -0.15) is 0 Å². The molecule has 0 unspecified atom stereocenters. The number of nitrogens with one attached hydrogen (secondary N) is 2. The maximum absolute atomic E-state index is 6.23. The predicted octanol–water partition coefficient (Wildman–Crippen LogP) is 4.31. The molecule has 2 aromatic carbocycles. The molecule has 0 radical (unpaired) electrons. The van der Waals surface area contributed by atoms with Gasteiger partial charge in [-0.1, -0.05) is 48.0 Å². The fourth-order valence-electron chi connectivity index (χ4n) is 3.75. The van der Waals surface area contributed by atoms with E-state index in [-0.39, 0.29) is 12.1 Å². The van der Waals surface area contributed by atoms with Gasteiger partial charge in [0.05, 0.1) is 6.04 Å². The first kappa shape index (κ1) is 21.1. The van der Waals surface area contributed by atoms with E-state index in [0.717, 1.165) is 42.5 Å². The van der Waals surface area contributed by atoms with Crippen molar-refractivity contribution in [3.05, 3.63) is 64.7 Å². The van der Waals surface area contributed by atoms with Crippen LogP contribution in [0.25, 0.3) is 0 Å². The summed E-state index contributed by atoms with van der Waals surface area (Å²) in [6.07, 6.45) is 0. The van der Waals surface area contributed by atoms with E-state index in [1.807, 2.05) is 25.1 Å². The molecule has 0 saturated carbocycles. The van der Waals surface area contributed by atoms with Gasteiger partial charge in [0.1, 0.15) is 0 Å². The summed E-state index contributed by atoms with van der Waals surface area (Å²) in [4.78, 5) is 4.94. The summed E-state index contributed by atoms with van der Waals surface area (Å²) < 4.78 is 0. The molecule has 2 atom stereocenters. The number of anilines is 1. The largest absolute Gasteiger partial charge is 0.358 e. The first-order chi connectivity index (χ1) is 13.5. The highest BCUT2D eigenvalue weighted by Gasteiger charge is 2.28. The Bertz CT molecular complexity index is 790. The molecule has 150 valence electrons. The topological polar surface area (TPSA) is 30.5 Å². The average molecular weight is 417 g/mol. The van der Waals surface area contributed by atoms with Crippen molar-refractivity contribution < 1.29 is 0 Å². The molecule has 1 aliphatic rings. The Hall–Kier alpha value is -1.66. The Morgan fingerprint density at radius 1 is 1.04 bits per heavy atom. The number of benzene rings is 2. The van der Waals surface area contributed by atoms with Gasteiger partial charge in [0.15, 0.2) is 5.11 Å². The van der Waals surface area contributed by atoms with Gasteiger partial charge in [0.25, 0.3) is 0 Å². The third-order valence-corrected chi connectivity index (χ3v) is 6.05. The fraction of sp³-hybridized carbons (Fsp3) is 0.409. The fourth-order valence-corrected chi connectivity index (χ4v) is 4.22. The van der Waals surface area contributed by atoms with Gasteiger partial charge >= 0.3 is 0 Å². The Balaban J connectivity index is 1.72. The Morgan fingerprint density at radius 3 is 2.39 bits per heavy atom. The molecule has 0 bridgehead atoms. The van der Waals surface area contributed by atoms with E-state index in [4.69, 9.17) is 23.8 Å².